The monoisotopic (exact) mass is 868 g/mol. The lowest BCUT2D eigenvalue weighted by Gasteiger charge is -2.55. The summed E-state index contributed by atoms with van der Waals surface area (Å²) in [5.41, 5.74) is 28.9. The Bertz CT molecular complexity index is 4390. The molecule has 0 bridgehead atoms. The van der Waals surface area contributed by atoms with Gasteiger partial charge in [-0.05, 0) is 114 Å². The number of hydrogen-bond donors (Lipinski definition) is 0. The maximum absolute atomic E-state index is 6.97. The van der Waals surface area contributed by atoms with E-state index in [4.69, 9.17) is 8.83 Å². The minimum absolute atomic E-state index is 0.0146. The topological polar surface area (TPSA) is 32.8 Å². The average molecular weight is 868 g/mol. The summed E-state index contributed by atoms with van der Waals surface area (Å²) in [6.07, 6.45) is 0. The predicted octanol–water partition coefficient (Wildman–Crippen LogP) is 10.7. The van der Waals surface area contributed by atoms with Crippen molar-refractivity contribution in [1.29, 1.82) is 0 Å². The van der Waals surface area contributed by atoms with Gasteiger partial charge in [0.15, 0.2) is 0 Å². The molecule has 11 aromatic carbocycles. The Hall–Kier alpha value is -8.67. The lowest BCUT2D eigenvalue weighted by molar-refractivity contribution is 0.672. The summed E-state index contributed by atoms with van der Waals surface area (Å²) in [5.74, 6) is 0. The van der Waals surface area contributed by atoms with Gasteiger partial charge in [-0.3, -0.25) is 0 Å². The summed E-state index contributed by atoms with van der Waals surface area (Å²) in [5, 5.41) is 9.33. The van der Waals surface area contributed by atoms with Crippen LogP contribution >= 0.6 is 0 Å². The minimum Gasteiger partial charge on any atom is -0.455 e. The van der Waals surface area contributed by atoms with Crippen molar-refractivity contribution in [2.24, 2.45) is 0 Å². The van der Waals surface area contributed by atoms with E-state index in [0.29, 0.717) is 0 Å². The first-order valence-electron chi connectivity index (χ1n) is 24.3. The van der Waals surface area contributed by atoms with Gasteiger partial charge in [0, 0.05) is 77.3 Å². The predicted molar refractivity (Wildman–Crippen MR) is 290 cm³/mol. The van der Waals surface area contributed by atoms with E-state index in [0.717, 1.165) is 54.6 Å². The van der Waals surface area contributed by atoms with Gasteiger partial charge in [-0.15, -0.1) is 0 Å². The Morgan fingerprint density at radius 2 is 0.739 bits per heavy atom. The summed E-state index contributed by atoms with van der Waals surface area (Å²) in [6.45, 7) is -0.0949. The highest BCUT2D eigenvalue weighted by Gasteiger charge is 2.56. The summed E-state index contributed by atoms with van der Waals surface area (Å²) < 4.78 is 13.9. The average Bonchev–Trinajstić information content (AvgIpc) is 3.97. The van der Waals surface area contributed by atoms with E-state index in [1.54, 1.807) is 0 Å². The van der Waals surface area contributed by atoms with Crippen molar-refractivity contribution in [2.45, 2.75) is 0 Å². The quantitative estimate of drug-likeness (QED) is 0.142. The van der Waals surface area contributed by atoms with Crippen LogP contribution in [0.1, 0.15) is 0 Å². The Morgan fingerprint density at radius 1 is 0.290 bits per heavy atom. The third kappa shape index (κ3) is 3.84. The summed E-state index contributed by atoms with van der Waals surface area (Å²) in [7, 11) is 0. The Kier molecular flexibility index (Phi) is 5.78. The second-order valence-electron chi connectivity index (χ2n) is 20.1. The molecule has 0 saturated heterocycles. The Labute approximate surface area is 395 Å². The minimum atomic E-state index is -0.0547. The zero-order chi connectivity index (χ0) is 44.1. The molecule has 0 unspecified atom stereocenters. The van der Waals surface area contributed by atoms with E-state index < -0.39 is 0 Å². The molecule has 7 heteroatoms. The largest absolute Gasteiger partial charge is 0.455 e. The van der Waals surface area contributed by atoms with Crippen molar-refractivity contribution in [3.05, 3.63) is 188 Å². The van der Waals surface area contributed by atoms with Crippen molar-refractivity contribution in [3.63, 3.8) is 0 Å². The zero-order valence-corrected chi connectivity index (χ0v) is 36.8. The molecule has 4 nitrogen and oxygen atoms in total. The Balaban J connectivity index is 0.949. The normalized spacial score (nSPS) is 14.5. The molecule has 310 valence electrons. The molecule has 2 aromatic heterocycles. The van der Waals surface area contributed by atoms with Gasteiger partial charge in [0.2, 0.25) is 0 Å². The van der Waals surface area contributed by atoms with Crippen molar-refractivity contribution in [1.82, 2.24) is 0 Å². The van der Waals surface area contributed by atoms with Crippen molar-refractivity contribution in [2.75, 3.05) is 9.62 Å². The van der Waals surface area contributed by atoms with Crippen LogP contribution in [-0.2, 0) is 0 Å². The van der Waals surface area contributed by atoms with Gasteiger partial charge in [-0.2, -0.15) is 0 Å². The number of furan rings is 2. The second-order valence-corrected chi connectivity index (χ2v) is 20.1. The maximum atomic E-state index is 6.97. The van der Waals surface area contributed by atoms with Crippen LogP contribution < -0.4 is 47.9 Å². The smallest absolute Gasteiger partial charge is 0.329 e. The molecule has 0 spiro atoms. The van der Waals surface area contributed by atoms with Gasteiger partial charge in [0.05, 0.1) is 0 Å². The van der Waals surface area contributed by atoms with Gasteiger partial charge in [-0.25, -0.2) is 0 Å². The van der Waals surface area contributed by atoms with Gasteiger partial charge in [0.25, 0.3) is 6.71 Å². The second kappa shape index (κ2) is 11.5. The molecule has 0 atom stereocenters. The lowest BCUT2D eigenvalue weighted by Crippen LogP contribution is -2.72. The lowest BCUT2D eigenvalue weighted by atomic mass is 9.28. The van der Waals surface area contributed by atoms with Gasteiger partial charge >= 0.3 is 13.7 Å². The number of fused-ring (bicyclic) bond motifs is 24. The molecule has 0 amide bonds. The molecule has 69 heavy (non-hydrogen) atoms. The molecule has 0 radical (unpaired) electrons. The fourth-order valence-electron chi connectivity index (χ4n) is 14.6. The van der Waals surface area contributed by atoms with Crippen LogP contribution in [0.15, 0.2) is 197 Å². The maximum Gasteiger partial charge on any atom is 0.329 e. The molecule has 6 aliphatic rings. The van der Waals surface area contributed by atoms with Crippen LogP contribution in [0.5, 0.6) is 0 Å². The fraction of sp³-hybridized carbons (Fsp3) is 0. The number of para-hydroxylation sites is 2. The molecule has 13 aromatic rings. The zero-order valence-electron chi connectivity index (χ0n) is 36.8. The van der Waals surface area contributed by atoms with Crippen molar-refractivity contribution < 1.29 is 8.83 Å². The molecule has 6 aliphatic heterocycles. The van der Waals surface area contributed by atoms with Gasteiger partial charge in [-0.1, -0.05) is 146 Å². The van der Waals surface area contributed by atoms with Crippen LogP contribution in [0.4, 0.5) is 22.7 Å². The molecule has 0 saturated carbocycles. The Morgan fingerprint density at radius 3 is 1.26 bits per heavy atom. The molecule has 0 fully saturated rings. The number of hydrogen-bond acceptors (Lipinski definition) is 4. The van der Waals surface area contributed by atoms with Crippen molar-refractivity contribution in [3.8, 4) is 44.5 Å². The van der Waals surface area contributed by atoms with E-state index >= 15 is 0 Å². The third-order valence-corrected chi connectivity index (χ3v) is 17.2. The molecule has 8 heterocycles. The van der Waals surface area contributed by atoms with Crippen LogP contribution in [-0.4, -0.2) is 20.4 Å². The first-order valence-corrected chi connectivity index (χ1v) is 24.3. The fourth-order valence-corrected chi connectivity index (χ4v) is 14.6. The number of benzene rings is 11. The standard InChI is InChI=1S/C62H31B3N2O2/c1-3-13-34-32(11-1)23-25-40-44-27-42-38-17-9-21-50-57(38)66-59-46(36-15-5-7-19-48(36)64(66)52(42)30-54(44)68-61(34)40)29-47-37-16-6-8-20-49(37)65-53-31-55-45(41-26-24-33-12-2-4-14-35(33)62(41)69-55)28-43(53)39-18-10-22-51-58(39)67(65)60(47)56(59)63(50)51/h1-31H. The first-order chi connectivity index (χ1) is 34.2. The molecule has 0 aliphatic carbocycles. The van der Waals surface area contributed by atoms with Crippen LogP contribution in [0.3, 0.4) is 0 Å². The highest BCUT2D eigenvalue weighted by molar-refractivity contribution is 7.06. The highest BCUT2D eigenvalue weighted by atomic mass is 16.3. The van der Waals surface area contributed by atoms with E-state index in [1.807, 2.05) is 0 Å². The van der Waals surface area contributed by atoms with Crippen LogP contribution in [0.2, 0.25) is 0 Å². The number of nitrogens with zero attached hydrogens (tertiary/aromatic N) is 2. The van der Waals surface area contributed by atoms with Gasteiger partial charge < -0.3 is 18.5 Å². The summed E-state index contributed by atoms with van der Waals surface area (Å²) >= 11 is 0. The third-order valence-electron chi connectivity index (χ3n) is 17.2. The van der Waals surface area contributed by atoms with Gasteiger partial charge in [0.1, 0.15) is 22.3 Å². The number of rotatable bonds is 0. The van der Waals surface area contributed by atoms with Crippen LogP contribution in [0, 0.1) is 0 Å². The summed E-state index contributed by atoms with van der Waals surface area (Å²) in [6, 6.07) is 71.1. The van der Waals surface area contributed by atoms with E-state index in [-0.39, 0.29) is 20.4 Å². The SMILES string of the molecule is c1ccc2c(c1)B1c3cc4oc5c6ccccc6ccc5c4cc3-c3cccc4c3N1c1c-2cc2c3c1B4c1cccc4c1N3B(c1cc3oc5c6ccccc6ccc5c3cc1-4)c1ccccc1-2. The molecular formula is C62H31B3N2O2. The van der Waals surface area contributed by atoms with E-state index in [2.05, 4.69) is 198 Å². The van der Waals surface area contributed by atoms with Crippen molar-refractivity contribution >= 4 is 147 Å². The van der Waals surface area contributed by atoms with E-state index in [1.165, 1.54) is 116 Å². The molecule has 0 N–H and O–H groups in total. The summed E-state index contributed by atoms with van der Waals surface area (Å²) in [4.78, 5) is 5.51. The van der Waals surface area contributed by atoms with E-state index in [9.17, 15) is 0 Å². The molecule has 19 rings (SSSR count). The highest BCUT2D eigenvalue weighted by Crippen LogP contribution is 2.56. The molecular weight excluding hydrogens is 837 g/mol. The first kappa shape index (κ1) is 34.6. The van der Waals surface area contributed by atoms with Crippen LogP contribution in [0.25, 0.3) is 110 Å². The number of anilines is 4.